The maximum atomic E-state index is 11.8. The number of halogens is 1. The van der Waals surface area contributed by atoms with E-state index in [-0.39, 0.29) is 12.8 Å². The number of rotatable bonds is 5. The average Bonchev–Trinajstić information content (AvgIpc) is 2.49. The third-order valence-corrected chi connectivity index (χ3v) is 3.16. The average molecular weight is 320 g/mol. The lowest BCUT2D eigenvalue weighted by Crippen LogP contribution is -2.32. The molecule has 0 radical (unpaired) electrons. The Morgan fingerprint density at radius 2 is 1.91 bits per heavy atom. The molecule has 0 aromatic heterocycles. The molecule has 0 spiro atoms. The van der Waals surface area contributed by atoms with Gasteiger partial charge in [0.15, 0.2) is 6.73 Å². The van der Waals surface area contributed by atoms with Crippen LogP contribution in [-0.2, 0) is 0 Å². The fraction of sp³-hybridized carbons (Fsp3) is 0.188. The van der Waals surface area contributed by atoms with Gasteiger partial charge < -0.3 is 20.3 Å². The van der Waals surface area contributed by atoms with Crippen LogP contribution in [0.15, 0.2) is 48.5 Å². The Bertz CT molecular complexity index is 630. The van der Waals surface area contributed by atoms with Gasteiger partial charge in [0.1, 0.15) is 5.75 Å². The van der Waals surface area contributed by atoms with Crippen molar-refractivity contribution in [2.75, 3.05) is 31.0 Å². The molecule has 6 heteroatoms. The Kier molecular flexibility index (Phi) is 5.49. The van der Waals surface area contributed by atoms with Crippen molar-refractivity contribution in [2.24, 2.45) is 0 Å². The Morgan fingerprint density at radius 3 is 2.59 bits per heavy atom. The Labute approximate surface area is 134 Å². The van der Waals surface area contributed by atoms with Crippen LogP contribution in [0, 0.1) is 0 Å². The van der Waals surface area contributed by atoms with Gasteiger partial charge in [-0.1, -0.05) is 17.7 Å². The number of amides is 2. The summed E-state index contributed by atoms with van der Waals surface area (Å²) in [5.74, 6) is 0.638. The van der Waals surface area contributed by atoms with Gasteiger partial charge in [0.25, 0.3) is 0 Å². The number of anilines is 2. The molecule has 0 aliphatic carbocycles. The van der Waals surface area contributed by atoms with E-state index in [2.05, 4.69) is 10.6 Å². The lowest BCUT2D eigenvalue weighted by molar-refractivity contribution is 0.234. The van der Waals surface area contributed by atoms with E-state index in [1.807, 2.05) is 43.3 Å². The minimum absolute atomic E-state index is 0.0703. The maximum Gasteiger partial charge on any atom is 0.321 e. The van der Waals surface area contributed by atoms with Crippen LogP contribution in [0.1, 0.15) is 0 Å². The summed E-state index contributed by atoms with van der Waals surface area (Å²) in [6.45, 7) is 0.0703. The second-order valence-electron chi connectivity index (χ2n) is 4.82. The third-order valence-electron chi connectivity index (χ3n) is 2.91. The van der Waals surface area contributed by atoms with Crippen LogP contribution in [0.25, 0.3) is 0 Å². The van der Waals surface area contributed by atoms with Gasteiger partial charge in [0.05, 0.1) is 0 Å². The summed E-state index contributed by atoms with van der Waals surface area (Å²) in [6.07, 6.45) is 0. The third kappa shape index (κ3) is 4.86. The molecule has 0 atom stereocenters. The zero-order chi connectivity index (χ0) is 15.9. The van der Waals surface area contributed by atoms with Crippen molar-refractivity contribution in [1.82, 2.24) is 5.32 Å². The summed E-state index contributed by atoms with van der Waals surface area (Å²) in [6, 6.07) is 14.2. The second-order valence-corrected chi connectivity index (χ2v) is 5.25. The monoisotopic (exact) mass is 319 g/mol. The molecular formula is C16H18ClN3O2. The van der Waals surface area contributed by atoms with Crippen molar-refractivity contribution >= 4 is 29.0 Å². The number of nitrogens with one attached hydrogen (secondary N) is 2. The molecule has 0 saturated heterocycles. The molecule has 0 aliphatic heterocycles. The lowest BCUT2D eigenvalue weighted by Gasteiger charge is -2.14. The van der Waals surface area contributed by atoms with Gasteiger partial charge in [0, 0.05) is 30.5 Å². The summed E-state index contributed by atoms with van der Waals surface area (Å²) in [7, 11) is 3.89. The van der Waals surface area contributed by atoms with E-state index in [0.717, 1.165) is 11.4 Å². The molecule has 116 valence electrons. The number of carbonyl (C=O) groups is 1. The number of benzene rings is 2. The van der Waals surface area contributed by atoms with Crippen LogP contribution in [0.3, 0.4) is 0 Å². The molecule has 2 N–H and O–H groups in total. The van der Waals surface area contributed by atoms with E-state index in [9.17, 15) is 4.79 Å². The van der Waals surface area contributed by atoms with Crippen molar-refractivity contribution in [2.45, 2.75) is 0 Å². The first-order chi connectivity index (χ1) is 10.5. The summed E-state index contributed by atoms with van der Waals surface area (Å²) >= 11 is 5.78. The van der Waals surface area contributed by atoms with Crippen molar-refractivity contribution in [1.29, 1.82) is 0 Å². The van der Waals surface area contributed by atoms with Gasteiger partial charge in [-0.05, 0) is 42.5 Å². The predicted molar refractivity (Wildman–Crippen MR) is 89.9 cm³/mol. The summed E-state index contributed by atoms with van der Waals surface area (Å²) in [5, 5.41) is 6.02. The largest absolute Gasteiger partial charge is 0.473 e. The summed E-state index contributed by atoms with van der Waals surface area (Å²) < 4.78 is 5.39. The molecule has 0 heterocycles. The fourth-order valence-electron chi connectivity index (χ4n) is 1.75. The van der Waals surface area contributed by atoms with Crippen molar-refractivity contribution in [3.8, 4) is 5.75 Å². The smallest absolute Gasteiger partial charge is 0.321 e. The number of urea groups is 1. The molecule has 2 rings (SSSR count). The number of hydrogen-bond acceptors (Lipinski definition) is 3. The molecule has 0 fully saturated rings. The highest BCUT2D eigenvalue weighted by Crippen LogP contribution is 2.17. The van der Waals surface area contributed by atoms with Gasteiger partial charge in [-0.15, -0.1) is 0 Å². The van der Waals surface area contributed by atoms with E-state index in [1.165, 1.54) is 0 Å². The zero-order valence-electron chi connectivity index (χ0n) is 12.5. The first-order valence-electron chi connectivity index (χ1n) is 6.75. The van der Waals surface area contributed by atoms with Gasteiger partial charge >= 0.3 is 6.03 Å². The van der Waals surface area contributed by atoms with E-state index >= 15 is 0 Å². The molecule has 0 unspecified atom stereocenters. The van der Waals surface area contributed by atoms with Gasteiger partial charge in [-0.25, -0.2) is 4.79 Å². The van der Waals surface area contributed by atoms with Gasteiger partial charge in [-0.3, -0.25) is 0 Å². The SMILES string of the molecule is CN(C)c1cccc(NC(=O)NCOc2ccc(Cl)cc2)c1. The summed E-state index contributed by atoms with van der Waals surface area (Å²) in [4.78, 5) is 13.8. The normalized spacial score (nSPS) is 9.95. The molecule has 22 heavy (non-hydrogen) atoms. The first-order valence-corrected chi connectivity index (χ1v) is 7.13. The molecule has 0 bridgehead atoms. The Hall–Kier alpha value is -2.40. The summed E-state index contributed by atoms with van der Waals surface area (Å²) in [5.41, 5.74) is 1.73. The van der Waals surface area contributed by atoms with Gasteiger partial charge in [-0.2, -0.15) is 0 Å². The van der Waals surface area contributed by atoms with Gasteiger partial charge in [0.2, 0.25) is 0 Å². The quantitative estimate of drug-likeness (QED) is 0.828. The minimum Gasteiger partial charge on any atom is -0.473 e. The molecule has 2 aromatic carbocycles. The molecular weight excluding hydrogens is 302 g/mol. The standard InChI is InChI=1S/C16H18ClN3O2/c1-20(2)14-5-3-4-13(10-14)19-16(21)18-11-22-15-8-6-12(17)7-9-15/h3-10H,11H2,1-2H3,(H2,18,19,21). The molecule has 0 aliphatic rings. The number of hydrogen-bond donors (Lipinski definition) is 2. The van der Waals surface area contributed by atoms with E-state index in [4.69, 9.17) is 16.3 Å². The Balaban J connectivity index is 1.80. The van der Waals surface area contributed by atoms with Crippen LogP contribution < -0.4 is 20.3 Å². The highest BCUT2D eigenvalue weighted by molar-refractivity contribution is 6.30. The highest BCUT2D eigenvalue weighted by Gasteiger charge is 2.03. The van der Waals surface area contributed by atoms with Crippen molar-refractivity contribution < 1.29 is 9.53 Å². The minimum atomic E-state index is -0.329. The second kappa shape index (κ2) is 7.56. The van der Waals surface area contributed by atoms with E-state index < -0.39 is 0 Å². The zero-order valence-corrected chi connectivity index (χ0v) is 13.2. The van der Waals surface area contributed by atoms with E-state index in [1.54, 1.807) is 24.3 Å². The molecule has 2 aromatic rings. The fourth-order valence-corrected chi connectivity index (χ4v) is 1.88. The highest BCUT2D eigenvalue weighted by atomic mass is 35.5. The first kappa shape index (κ1) is 16.0. The lowest BCUT2D eigenvalue weighted by atomic mass is 10.2. The number of nitrogens with zero attached hydrogens (tertiary/aromatic N) is 1. The van der Waals surface area contributed by atoms with Crippen LogP contribution in [0.5, 0.6) is 5.75 Å². The van der Waals surface area contributed by atoms with Crippen LogP contribution in [-0.4, -0.2) is 26.9 Å². The number of ether oxygens (including phenoxy) is 1. The van der Waals surface area contributed by atoms with Crippen LogP contribution in [0.2, 0.25) is 5.02 Å². The number of carbonyl (C=O) groups excluding carboxylic acids is 1. The topological polar surface area (TPSA) is 53.6 Å². The molecule has 2 amide bonds. The predicted octanol–water partition coefficient (Wildman–Crippen LogP) is 3.56. The van der Waals surface area contributed by atoms with Crippen LogP contribution in [0.4, 0.5) is 16.2 Å². The molecule has 0 saturated carbocycles. The van der Waals surface area contributed by atoms with Crippen LogP contribution >= 0.6 is 11.6 Å². The van der Waals surface area contributed by atoms with Crippen molar-refractivity contribution in [3.63, 3.8) is 0 Å². The van der Waals surface area contributed by atoms with E-state index in [0.29, 0.717) is 10.8 Å². The Morgan fingerprint density at radius 1 is 1.18 bits per heavy atom. The van der Waals surface area contributed by atoms with Crippen molar-refractivity contribution in [3.05, 3.63) is 53.6 Å². The maximum absolute atomic E-state index is 11.8. The molecule has 5 nitrogen and oxygen atoms in total.